The molecule has 2 aromatic carbocycles. The minimum Gasteiger partial charge on any atom is -0.308 e. The van der Waals surface area contributed by atoms with E-state index >= 15 is 0 Å². The van der Waals surface area contributed by atoms with E-state index in [2.05, 4.69) is 9.55 Å². The van der Waals surface area contributed by atoms with Crippen LogP contribution in [0.25, 0.3) is 11.0 Å². The minimum absolute atomic E-state index is 0.0176. The Morgan fingerprint density at radius 1 is 1.05 bits per heavy atom. The zero-order chi connectivity index (χ0) is 14.4. The van der Waals surface area contributed by atoms with Gasteiger partial charge in [-0.3, -0.25) is 9.69 Å². The summed E-state index contributed by atoms with van der Waals surface area (Å²) in [5, 5.41) is 0. The second kappa shape index (κ2) is 4.45. The number of nitrogens with zero attached hydrogens (tertiary/aromatic N) is 3. The Morgan fingerprint density at radius 2 is 1.81 bits per heavy atom. The maximum Gasteiger partial charge on any atom is 0.260 e. The number of hydrogen-bond donors (Lipinski definition) is 0. The van der Waals surface area contributed by atoms with E-state index in [0.29, 0.717) is 12.1 Å². The Kier molecular flexibility index (Phi) is 2.57. The number of carbonyl (C=O) groups excluding carboxylic acids is 1. The Labute approximate surface area is 122 Å². The molecular formula is C17H15N3O. The van der Waals surface area contributed by atoms with E-state index in [0.717, 1.165) is 29.1 Å². The molecular weight excluding hydrogens is 262 g/mol. The highest BCUT2D eigenvalue weighted by Crippen LogP contribution is 2.28. The summed E-state index contributed by atoms with van der Waals surface area (Å²) in [6.45, 7) is 3.50. The van der Waals surface area contributed by atoms with Crippen molar-refractivity contribution in [2.45, 2.75) is 13.5 Å². The Hall–Kier alpha value is -2.62. The third-order valence-corrected chi connectivity index (χ3v) is 3.97. The summed E-state index contributed by atoms with van der Waals surface area (Å²) in [4.78, 5) is 19.0. The first-order valence-corrected chi connectivity index (χ1v) is 7.08. The largest absolute Gasteiger partial charge is 0.308 e. The summed E-state index contributed by atoms with van der Waals surface area (Å²) < 4.78 is 2.11. The van der Waals surface area contributed by atoms with Crippen LogP contribution in [0.4, 0.5) is 5.95 Å². The molecule has 0 spiro atoms. The maximum atomic E-state index is 12.7. The molecule has 4 nitrogen and oxygen atoms in total. The number of imidazole rings is 1. The Morgan fingerprint density at radius 3 is 2.62 bits per heavy atom. The monoisotopic (exact) mass is 277 g/mol. The second-order valence-corrected chi connectivity index (χ2v) is 5.37. The number of anilines is 1. The van der Waals surface area contributed by atoms with Crippen molar-refractivity contribution in [1.82, 2.24) is 9.55 Å². The van der Waals surface area contributed by atoms with Crippen LogP contribution in [-0.2, 0) is 6.54 Å². The average Bonchev–Trinajstić information content (AvgIpc) is 3.06. The SMILES string of the molecule is Cc1ccc(C(=O)N2CCn3c2nc2ccccc23)cc1. The zero-order valence-electron chi connectivity index (χ0n) is 11.8. The molecule has 3 aromatic rings. The Bertz CT molecular complexity index is 833. The second-order valence-electron chi connectivity index (χ2n) is 5.37. The third kappa shape index (κ3) is 1.83. The standard InChI is InChI=1S/C17H15N3O/c1-12-6-8-13(9-7-12)16(21)20-11-10-19-15-5-3-2-4-14(15)18-17(19)20/h2-9H,10-11H2,1H3. The first-order chi connectivity index (χ1) is 10.2. The summed E-state index contributed by atoms with van der Waals surface area (Å²) >= 11 is 0. The van der Waals surface area contributed by atoms with Crippen molar-refractivity contribution in [3.05, 3.63) is 59.7 Å². The number of rotatable bonds is 1. The van der Waals surface area contributed by atoms with Gasteiger partial charge >= 0.3 is 0 Å². The Balaban J connectivity index is 1.76. The number of para-hydroxylation sites is 2. The van der Waals surface area contributed by atoms with E-state index in [4.69, 9.17) is 0 Å². The molecule has 1 aliphatic rings. The molecule has 1 amide bonds. The van der Waals surface area contributed by atoms with Crippen molar-refractivity contribution in [3.8, 4) is 0 Å². The summed E-state index contributed by atoms with van der Waals surface area (Å²) in [6, 6.07) is 15.7. The first kappa shape index (κ1) is 12.1. The first-order valence-electron chi connectivity index (χ1n) is 7.08. The molecule has 104 valence electrons. The van der Waals surface area contributed by atoms with Crippen molar-refractivity contribution in [1.29, 1.82) is 0 Å². The molecule has 2 heterocycles. The van der Waals surface area contributed by atoms with Crippen LogP contribution in [0.5, 0.6) is 0 Å². The van der Waals surface area contributed by atoms with E-state index < -0.39 is 0 Å². The van der Waals surface area contributed by atoms with Gasteiger partial charge in [-0.25, -0.2) is 4.98 Å². The summed E-state index contributed by atoms with van der Waals surface area (Å²) in [7, 11) is 0. The molecule has 0 fully saturated rings. The van der Waals surface area contributed by atoms with Crippen LogP contribution in [0.15, 0.2) is 48.5 Å². The smallest absolute Gasteiger partial charge is 0.260 e. The van der Waals surface area contributed by atoms with Crippen molar-refractivity contribution in [2.24, 2.45) is 0 Å². The van der Waals surface area contributed by atoms with Crippen molar-refractivity contribution in [3.63, 3.8) is 0 Å². The van der Waals surface area contributed by atoms with Gasteiger partial charge in [0.2, 0.25) is 5.95 Å². The summed E-state index contributed by atoms with van der Waals surface area (Å²) in [6.07, 6.45) is 0. The topological polar surface area (TPSA) is 38.1 Å². The molecule has 0 aliphatic carbocycles. The van der Waals surface area contributed by atoms with Gasteiger partial charge in [0.1, 0.15) is 0 Å². The molecule has 4 rings (SSSR count). The van der Waals surface area contributed by atoms with Crippen LogP contribution >= 0.6 is 0 Å². The molecule has 1 aromatic heterocycles. The van der Waals surface area contributed by atoms with Gasteiger partial charge in [-0.1, -0.05) is 29.8 Å². The van der Waals surface area contributed by atoms with Gasteiger partial charge in [0.05, 0.1) is 11.0 Å². The summed E-state index contributed by atoms with van der Waals surface area (Å²) in [5.74, 6) is 0.769. The maximum absolute atomic E-state index is 12.7. The molecule has 1 aliphatic heterocycles. The number of aromatic nitrogens is 2. The van der Waals surface area contributed by atoms with Crippen molar-refractivity contribution >= 4 is 22.9 Å². The number of fused-ring (bicyclic) bond motifs is 3. The number of hydrogen-bond acceptors (Lipinski definition) is 2. The average molecular weight is 277 g/mol. The van der Waals surface area contributed by atoms with Gasteiger partial charge in [-0.15, -0.1) is 0 Å². The van der Waals surface area contributed by atoms with Gasteiger partial charge in [-0.05, 0) is 31.2 Å². The van der Waals surface area contributed by atoms with Gasteiger partial charge in [-0.2, -0.15) is 0 Å². The highest BCUT2D eigenvalue weighted by molar-refractivity contribution is 6.06. The lowest BCUT2D eigenvalue weighted by Crippen LogP contribution is -2.29. The molecule has 0 bridgehead atoms. The molecule has 4 heteroatoms. The quantitative estimate of drug-likeness (QED) is 0.686. The van der Waals surface area contributed by atoms with E-state index in [1.165, 1.54) is 0 Å². The summed E-state index contributed by atoms with van der Waals surface area (Å²) in [5.41, 5.74) is 3.89. The number of carbonyl (C=O) groups is 1. The fourth-order valence-corrected chi connectivity index (χ4v) is 2.83. The lowest BCUT2D eigenvalue weighted by Gasteiger charge is -2.13. The molecule has 0 unspecified atom stereocenters. The fraction of sp³-hybridized carbons (Fsp3) is 0.176. The van der Waals surface area contributed by atoms with E-state index in [9.17, 15) is 4.79 Å². The van der Waals surface area contributed by atoms with Crippen LogP contribution < -0.4 is 4.90 Å². The number of aryl methyl sites for hydroxylation is 1. The zero-order valence-corrected chi connectivity index (χ0v) is 11.8. The van der Waals surface area contributed by atoms with Crippen LogP contribution in [0.3, 0.4) is 0 Å². The van der Waals surface area contributed by atoms with Crippen LogP contribution in [0.1, 0.15) is 15.9 Å². The third-order valence-electron chi connectivity index (χ3n) is 3.97. The van der Waals surface area contributed by atoms with Gasteiger partial charge in [0, 0.05) is 18.7 Å². The lowest BCUT2D eigenvalue weighted by atomic mass is 10.1. The highest BCUT2D eigenvalue weighted by atomic mass is 16.2. The molecule has 0 radical (unpaired) electrons. The van der Waals surface area contributed by atoms with Crippen LogP contribution in [0, 0.1) is 6.92 Å². The fourth-order valence-electron chi connectivity index (χ4n) is 2.83. The van der Waals surface area contributed by atoms with E-state index in [-0.39, 0.29) is 5.91 Å². The number of benzene rings is 2. The van der Waals surface area contributed by atoms with Crippen LogP contribution in [0.2, 0.25) is 0 Å². The molecule has 21 heavy (non-hydrogen) atoms. The van der Waals surface area contributed by atoms with Crippen molar-refractivity contribution in [2.75, 3.05) is 11.4 Å². The predicted octanol–water partition coefficient (Wildman–Crippen LogP) is 3.01. The lowest BCUT2D eigenvalue weighted by molar-refractivity contribution is 0.0989. The van der Waals surface area contributed by atoms with E-state index in [1.807, 2.05) is 55.5 Å². The van der Waals surface area contributed by atoms with Crippen LogP contribution in [-0.4, -0.2) is 22.0 Å². The molecule has 0 saturated carbocycles. The normalized spacial score (nSPS) is 13.7. The van der Waals surface area contributed by atoms with E-state index in [1.54, 1.807) is 4.90 Å². The van der Waals surface area contributed by atoms with Gasteiger partial charge in [0.25, 0.3) is 5.91 Å². The minimum atomic E-state index is 0.0176. The molecule has 0 saturated heterocycles. The highest BCUT2D eigenvalue weighted by Gasteiger charge is 2.28. The molecule has 0 N–H and O–H groups in total. The van der Waals surface area contributed by atoms with Crippen molar-refractivity contribution < 1.29 is 4.79 Å². The van der Waals surface area contributed by atoms with Gasteiger partial charge in [0.15, 0.2) is 0 Å². The molecule has 0 atom stereocenters. The predicted molar refractivity (Wildman–Crippen MR) is 82.6 cm³/mol. The van der Waals surface area contributed by atoms with Gasteiger partial charge < -0.3 is 4.57 Å². The number of amides is 1.